The molecule has 1 fully saturated rings. The zero-order chi connectivity index (χ0) is 16.8. The first-order valence-corrected chi connectivity index (χ1v) is 8.52. The van der Waals surface area contributed by atoms with Crippen LogP contribution in [0.5, 0.6) is 0 Å². The number of carbonyl (C=O) groups excluding carboxylic acids is 2. The summed E-state index contributed by atoms with van der Waals surface area (Å²) in [5, 5.41) is 5.69. The van der Waals surface area contributed by atoms with Crippen LogP contribution >= 0.6 is 22.9 Å². The van der Waals surface area contributed by atoms with Crippen LogP contribution in [0.15, 0.2) is 17.1 Å². The number of carbonyl (C=O) groups is 2. The molecular formula is C14H20ClN5O2S. The molecule has 23 heavy (non-hydrogen) atoms. The Hall–Kier alpha value is -1.80. The summed E-state index contributed by atoms with van der Waals surface area (Å²) in [6.45, 7) is 4.11. The van der Waals surface area contributed by atoms with Crippen molar-refractivity contribution in [2.24, 2.45) is 4.99 Å². The Balaban J connectivity index is 1.93. The Morgan fingerprint density at radius 1 is 1.52 bits per heavy atom. The first kappa shape index (κ1) is 17.6. The first-order chi connectivity index (χ1) is 11.0. The molecule has 1 saturated heterocycles. The third-order valence-corrected chi connectivity index (χ3v) is 4.46. The Labute approximate surface area is 144 Å². The van der Waals surface area contributed by atoms with Crippen LogP contribution in [-0.4, -0.2) is 60.9 Å². The van der Waals surface area contributed by atoms with Gasteiger partial charge in [0.05, 0.1) is 30.5 Å². The van der Waals surface area contributed by atoms with Gasteiger partial charge in [-0.05, 0) is 19.1 Å². The zero-order valence-corrected chi connectivity index (χ0v) is 14.7. The summed E-state index contributed by atoms with van der Waals surface area (Å²) in [4.78, 5) is 31.8. The van der Waals surface area contributed by atoms with Gasteiger partial charge in [-0.2, -0.15) is 0 Å². The number of imide groups is 1. The van der Waals surface area contributed by atoms with Crippen LogP contribution in [0.4, 0.5) is 4.79 Å². The van der Waals surface area contributed by atoms with Gasteiger partial charge in [-0.1, -0.05) is 11.6 Å². The molecule has 7 nitrogen and oxygen atoms in total. The molecule has 0 bridgehead atoms. The summed E-state index contributed by atoms with van der Waals surface area (Å²) in [7, 11) is 1.93. The summed E-state index contributed by atoms with van der Waals surface area (Å²) in [5.74, 6) is 0.515. The molecule has 1 aromatic heterocycles. The average Bonchev–Trinajstić information content (AvgIpc) is 3.05. The molecule has 2 heterocycles. The highest BCUT2D eigenvalue weighted by Crippen LogP contribution is 2.22. The molecule has 2 N–H and O–H groups in total. The number of aliphatic imine (C=N–C) groups is 1. The van der Waals surface area contributed by atoms with E-state index >= 15 is 0 Å². The molecule has 1 aliphatic rings. The monoisotopic (exact) mass is 357 g/mol. The lowest BCUT2D eigenvalue weighted by Crippen LogP contribution is -2.39. The summed E-state index contributed by atoms with van der Waals surface area (Å²) in [6.07, 6.45) is 0. The second kappa shape index (κ2) is 8.16. The zero-order valence-electron chi connectivity index (χ0n) is 13.1. The number of nitrogens with one attached hydrogen (secondary N) is 2. The van der Waals surface area contributed by atoms with Gasteiger partial charge in [0.1, 0.15) is 0 Å². The molecule has 0 spiro atoms. The van der Waals surface area contributed by atoms with E-state index in [4.69, 9.17) is 11.6 Å². The highest BCUT2D eigenvalue weighted by atomic mass is 35.5. The maximum absolute atomic E-state index is 11.5. The Morgan fingerprint density at radius 3 is 2.87 bits per heavy atom. The number of thiophene rings is 1. The van der Waals surface area contributed by atoms with Gasteiger partial charge >= 0.3 is 6.03 Å². The van der Waals surface area contributed by atoms with E-state index in [0.29, 0.717) is 13.1 Å². The molecule has 126 valence electrons. The molecule has 0 atom stereocenters. The lowest BCUT2D eigenvalue weighted by atomic mass is 10.4. The fourth-order valence-electron chi connectivity index (χ4n) is 2.15. The van der Waals surface area contributed by atoms with Gasteiger partial charge in [0, 0.05) is 18.5 Å². The van der Waals surface area contributed by atoms with E-state index in [1.54, 1.807) is 0 Å². The average molecular weight is 358 g/mol. The molecule has 0 aromatic carbocycles. The predicted octanol–water partition coefficient (Wildman–Crippen LogP) is 1.35. The fraction of sp³-hybridized carbons (Fsp3) is 0.500. The van der Waals surface area contributed by atoms with Crippen molar-refractivity contribution in [1.29, 1.82) is 0 Å². The van der Waals surface area contributed by atoms with Crippen molar-refractivity contribution in [3.8, 4) is 0 Å². The van der Waals surface area contributed by atoms with Gasteiger partial charge in [-0.25, -0.2) is 4.79 Å². The lowest BCUT2D eigenvalue weighted by molar-refractivity contribution is -0.124. The number of urea groups is 1. The minimum absolute atomic E-state index is 0.0711. The largest absolute Gasteiger partial charge is 0.357 e. The molecule has 1 aromatic rings. The van der Waals surface area contributed by atoms with Gasteiger partial charge in [-0.15, -0.1) is 11.3 Å². The molecule has 3 amide bonds. The molecule has 0 aliphatic carbocycles. The van der Waals surface area contributed by atoms with Crippen molar-refractivity contribution in [3.05, 3.63) is 21.3 Å². The molecule has 9 heteroatoms. The predicted molar refractivity (Wildman–Crippen MR) is 91.9 cm³/mol. The maximum atomic E-state index is 11.5. The van der Waals surface area contributed by atoms with E-state index in [2.05, 4.69) is 15.6 Å². The van der Waals surface area contributed by atoms with Crippen molar-refractivity contribution >= 4 is 40.8 Å². The number of nitrogens with zero attached hydrogens (tertiary/aromatic N) is 3. The normalized spacial score (nSPS) is 15.1. The molecule has 0 unspecified atom stereocenters. The van der Waals surface area contributed by atoms with Crippen LogP contribution in [0, 0.1) is 0 Å². The van der Waals surface area contributed by atoms with E-state index in [9.17, 15) is 9.59 Å². The SMILES string of the molecule is CCNC(=NCCN1C(=O)CNC1=O)N(C)Cc1ccc(Cl)s1. The van der Waals surface area contributed by atoms with E-state index in [1.807, 2.05) is 31.0 Å². The van der Waals surface area contributed by atoms with Crippen LogP contribution in [-0.2, 0) is 11.3 Å². The Bertz CT molecular complexity index is 588. The third kappa shape index (κ3) is 4.84. The quantitative estimate of drug-likeness (QED) is 0.458. The van der Waals surface area contributed by atoms with E-state index in [1.165, 1.54) is 16.2 Å². The minimum Gasteiger partial charge on any atom is -0.357 e. The molecule has 2 rings (SSSR count). The van der Waals surface area contributed by atoms with Gasteiger partial charge in [0.2, 0.25) is 5.91 Å². The minimum atomic E-state index is -0.350. The van der Waals surface area contributed by atoms with Crippen LogP contribution in [0.3, 0.4) is 0 Å². The summed E-state index contributed by atoms with van der Waals surface area (Å²) >= 11 is 7.48. The topological polar surface area (TPSA) is 77.0 Å². The number of hydrogen-bond acceptors (Lipinski definition) is 4. The van der Waals surface area contributed by atoms with Crippen molar-refractivity contribution in [3.63, 3.8) is 0 Å². The van der Waals surface area contributed by atoms with Crippen molar-refractivity contribution in [2.75, 3.05) is 33.2 Å². The number of rotatable bonds is 6. The van der Waals surface area contributed by atoms with E-state index in [-0.39, 0.29) is 25.0 Å². The van der Waals surface area contributed by atoms with Crippen molar-refractivity contribution in [1.82, 2.24) is 20.4 Å². The second-order valence-corrected chi connectivity index (χ2v) is 6.80. The maximum Gasteiger partial charge on any atom is 0.324 e. The first-order valence-electron chi connectivity index (χ1n) is 7.33. The lowest BCUT2D eigenvalue weighted by Gasteiger charge is -2.21. The molecule has 0 radical (unpaired) electrons. The Kier molecular flexibility index (Phi) is 6.23. The van der Waals surface area contributed by atoms with Gasteiger partial charge in [0.25, 0.3) is 0 Å². The van der Waals surface area contributed by atoms with Gasteiger partial charge in [-0.3, -0.25) is 14.7 Å². The van der Waals surface area contributed by atoms with Crippen LogP contribution in [0.2, 0.25) is 4.34 Å². The van der Waals surface area contributed by atoms with E-state index < -0.39 is 0 Å². The van der Waals surface area contributed by atoms with E-state index in [0.717, 1.165) is 21.7 Å². The molecule has 0 saturated carbocycles. The molecular weight excluding hydrogens is 338 g/mol. The number of halogens is 1. The van der Waals surface area contributed by atoms with Crippen LogP contribution < -0.4 is 10.6 Å². The highest BCUT2D eigenvalue weighted by Gasteiger charge is 2.27. The fourth-order valence-corrected chi connectivity index (χ4v) is 3.29. The van der Waals surface area contributed by atoms with Crippen molar-refractivity contribution in [2.45, 2.75) is 13.5 Å². The van der Waals surface area contributed by atoms with Crippen molar-refractivity contribution < 1.29 is 9.59 Å². The Morgan fingerprint density at radius 2 is 2.30 bits per heavy atom. The summed E-state index contributed by atoms with van der Waals surface area (Å²) in [6, 6.07) is 3.51. The third-order valence-electron chi connectivity index (χ3n) is 3.24. The number of guanidine groups is 1. The summed E-state index contributed by atoms with van der Waals surface area (Å²) in [5.41, 5.74) is 0. The second-order valence-electron chi connectivity index (χ2n) is 5.00. The van der Waals surface area contributed by atoms with Crippen LogP contribution in [0.25, 0.3) is 0 Å². The van der Waals surface area contributed by atoms with Crippen LogP contribution in [0.1, 0.15) is 11.8 Å². The number of amides is 3. The summed E-state index contributed by atoms with van der Waals surface area (Å²) < 4.78 is 0.758. The molecule has 1 aliphatic heterocycles. The smallest absolute Gasteiger partial charge is 0.324 e. The number of hydrogen-bond donors (Lipinski definition) is 2. The van der Waals surface area contributed by atoms with Gasteiger partial charge < -0.3 is 15.5 Å². The highest BCUT2D eigenvalue weighted by molar-refractivity contribution is 7.16. The van der Waals surface area contributed by atoms with Gasteiger partial charge in [0.15, 0.2) is 5.96 Å². The standard InChI is InChI=1S/C14H20ClN5O2S/c1-3-16-13(19(2)9-10-4-5-11(15)23-10)17-6-7-20-12(21)8-18-14(20)22/h4-5H,3,6-9H2,1-2H3,(H,16,17)(H,18,22).